The van der Waals surface area contributed by atoms with Gasteiger partial charge in [0.1, 0.15) is 11.6 Å². The predicted molar refractivity (Wildman–Crippen MR) is 68.7 cm³/mol. The molecule has 5 heteroatoms. The normalized spacial score (nSPS) is 19.8. The number of benzene rings is 1. The molecule has 3 nitrogen and oxygen atoms in total. The average molecular weight is 268 g/mol. The van der Waals surface area contributed by atoms with Gasteiger partial charge in [0.05, 0.1) is 6.04 Å². The third-order valence-corrected chi connectivity index (χ3v) is 3.47. The first-order chi connectivity index (χ1) is 9.10. The molecule has 0 radical (unpaired) electrons. The van der Waals surface area contributed by atoms with Crippen LogP contribution in [0.1, 0.15) is 18.4 Å². The van der Waals surface area contributed by atoms with E-state index in [1.54, 1.807) is 11.9 Å². The van der Waals surface area contributed by atoms with Crippen LogP contribution in [0.3, 0.4) is 0 Å². The van der Waals surface area contributed by atoms with E-state index < -0.39 is 11.6 Å². The van der Waals surface area contributed by atoms with E-state index in [-0.39, 0.29) is 11.9 Å². The van der Waals surface area contributed by atoms with E-state index in [4.69, 9.17) is 0 Å². The van der Waals surface area contributed by atoms with Crippen molar-refractivity contribution in [3.63, 3.8) is 0 Å². The number of nitrogens with zero attached hydrogens (tertiary/aromatic N) is 1. The molecule has 1 amide bonds. The monoisotopic (exact) mass is 268 g/mol. The summed E-state index contributed by atoms with van der Waals surface area (Å²) in [5, 5.41) is 2.99. The molecule has 1 aromatic carbocycles. The maximum absolute atomic E-state index is 13.1. The summed E-state index contributed by atoms with van der Waals surface area (Å²) in [6.45, 7) is 1.22. The van der Waals surface area contributed by atoms with E-state index in [9.17, 15) is 13.6 Å². The molecule has 19 heavy (non-hydrogen) atoms. The second kappa shape index (κ2) is 6.10. The lowest BCUT2D eigenvalue weighted by molar-refractivity contribution is -0.135. The number of nitrogens with one attached hydrogen (secondary N) is 1. The van der Waals surface area contributed by atoms with E-state index in [1.165, 1.54) is 12.1 Å². The average Bonchev–Trinajstić information content (AvgIpc) is 2.36. The molecule has 1 aliphatic rings. The minimum Gasteiger partial charge on any atom is -0.341 e. The molecular weight excluding hydrogens is 250 g/mol. The third kappa shape index (κ3) is 3.50. The molecule has 0 bridgehead atoms. The molecule has 1 unspecified atom stereocenters. The zero-order chi connectivity index (χ0) is 13.8. The Labute approximate surface area is 111 Å². The fourth-order valence-electron chi connectivity index (χ4n) is 2.45. The summed E-state index contributed by atoms with van der Waals surface area (Å²) in [5.41, 5.74) is 0.580. The number of likely N-dealkylation sites (N-methyl/N-ethyl adjacent to an activating group) is 1. The molecule has 1 saturated heterocycles. The molecule has 104 valence electrons. The van der Waals surface area contributed by atoms with Crippen LogP contribution in [0.2, 0.25) is 0 Å². The Bertz CT molecular complexity index is 445. The van der Waals surface area contributed by atoms with E-state index in [1.807, 2.05) is 0 Å². The Morgan fingerprint density at radius 3 is 2.63 bits per heavy atom. The number of amides is 1. The molecule has 1 aliphatic heterocycles. The van der Waals surface area contributed by atoms with Gasteiger partial charge in [0.2, 0.25) is 5.91 Å². The van der Waals surface area contributed by atoms with Gasteiger partial charge < -0.3 is 10.2 Å². The van der Waals surface area contributed by atoms with Crippen molar-refractivity contribution in [1.29, 1.82) is 0 Å². The van der Waals surface area contributed by atoms with Crippen molar-refractivity contribution < 1.29 is 13.6 Å². The van der Waals surface area contributed by atoms with Gasteiger partial charge in [-0.3, -0.25) is 4.79 Å². The van der Waals surface area contributed by atoms with E-state index in [0.717, 1.165) is 25.5 Å². The van der Waals surface area contributed by atoms with Crippen LogP contribution in [0, 0.1) is 11.6 Å². The number of carbonyl (C=O) groups excluding carboxylic acids is 1. The van der Waals surface area contributed by atoms with Crippen LogP contribution in [0.5, 0.6) is 0 Å². The Balaban J connectivity index is 1.96. The summed E-state index contributed by atoms with van der Waals surface area (Å²) in [6.07, 6.45) is 2.27. The number of carbonyl (C=O) groups is 1. The van der Waals surface area contributed by atoms with Gasteiger partial charge in [-0.25, -0.2) is 8.78 Å². The predicted octanol–water partition coefficient (Wildman–Crippen LogP) is 1.72. The second-order valence-corrected chi connectivity index (χ2v) is 4.84. The first-order valence-electron chi connectivity index (χ1n) is 6.51. The molecule has 0 saturated carbocycles. The smallest absolute Gasteiger partial charge is 0.239 e. The van der Waals surface area contributed by atoms with Crippen LogP contribution >= 0.6 is 0 Å². The fourth-order valence-corrected chi connectivity index (χ4v) is 2.45. The van der Waals surface area contributed by atoms with Crippen LogP contribution in [-0.4, -0.2) is 37.0 Å². The minimum absolute atomic E-state index is 0.0747. The van der Waals surface area contributed by atoms with Crippen molar-refractivity contribution in [3.05, 3.63) is 35.4 Å². The number of rotatable bonds is 4. The molecule has 2 rings (SSSR count). The first-order valence-corrected chi connectivity index (χ1v) is 6.51. The number of hydrogen-bond donors (Lipinski definition) is 1. The standard InChI is InChI=1S/C14H18F2N2O/c1-17-13-3-2-5-18(14(13)19)6-4-10-7-11(15)9-12(16)8-10/h7-9,13,17H,2-6H2,1H3. The number of likely N-dealkylation sites (tertiary alicyclic amines) is 1. The van der Waals surface area contributed by atoms with Crippen molar-refractivity contribution >= 4 is 5.91 Å². The molecule has 0 spiro atoms. The van der Waals surface area contributed by atoms with Crippen LogP contribution in [0.25, 0.3) is 0 Å². The van der Waals surface area contributed by atoms with Crippen molar-refractivity contribution in [1.82, 2.24) is 10.2 Å². The van der Waals surface area contributed by atoms with E-state index in [0.29, 0.717) is 18.5 Å². The van der Waals surface area contributed by atoms with Gasteiger partial charge in [-0.2, -0.15) is 0 Å². The van der Waals surface area contributed by atoms with Gasteiger partial charge >= 0.3 is 0 Å². The minimum atomic E-state index is -0.576. The van der Waals surface area contributed by atoms with E-state index >= 15 is 0 Å². The van der Waals surface area contributed by atoms with Gasteiger partial charge in [0.15, 0.2) is 0 Å². The van der Waals surface area contributed by atoms with Crippen LogP contribution in [0.15, 0.2) is 18.2 Å². The van der Waals surface area contributed by atoms with Crippen LogP contribution in [-0.2, 0) is 11.2 Å². The van der Waals surface area contributed by atoms with Crippen molar-refractivity contribution in [2.75, 3.05) is 20.1 Å². The highest BCUT2D eigenvalue weighted by Gasteiger charge is 2.26. The summed E-state index contributed by atoms with van der Waals surface area (Å²) in [6, 6.07) is 3.35. The summed E-state index contributed by atoms with van der Waals surface area (Å²) in [7, 11) is 1.77. The Morgan fingerprint density at radius 1 is 1.32 bits per heavy atom. The largest absolute Gasteiger partial charge is 0.341 e. The van der Waals surface area contributed by atoms with Gasteiger partial charge in [-0.05, 0) is 44.0 Å². The van der Waals surface area contributed by atoms with Gasteiger partial charge in [-0.1, -0.05) is 0 Å². The molecule has 0 aromatic heterocycles. The topological polar surface area (TPSA) is 32.3 Å². The first kappa shape index (κ1) is 13.9. The van der Waals surface area contributed by atoms with Crippen LogP contribution in [0.4, 0.5) is 8.78 Å². The molecule has 1 atom stereocenters. The summed E-state index contributed by atoms with van der Waals surface area (Å²) in [5.74, 6) is -1.08. The maximum atomic E-state index is 13.1. The van der Waals surface area contributed by atoms with Crippen molar-refractivity contribution in [2.24, 2.45) is 0 Å². The lowest BCUT2D eigenvalue weighted by Gasteiger charge is -2.32. The number of piperidine rings is 1. The molecular formula is C14H18F2N2O. The molecule has 1 heterocycles. The lowest BCUT2D eigenvalue weighted by atomic mass is 10.0. The van der Waals surface area contributed by atoms with Gasteiger partial charge in [0, 0.05) is 19.2 Å². The van der Waals surface area contributed by atoms with Gasteiger partial charge in [0.25, 0.3) is 0 Å². The Kier molecular flexibility index (Phi) is 4.47. The molecule has 1 fully saturated rings. The zero-order valence-electron chi connectivity index (χ0n) is 11.0. The fraction of sp³-hybridized carbons (Fsp3) is 0.500. The van der Waals surface area contributed by atoms with Gasteiger partial charge in [-0.15, -0.1) is 0 Å². The van der Waals surface area contributed by atoms with Crippen molar-refractivity contribution in [3.8, 4) is 0 Å². The third-order valence-electron chi connectivity index (χ3n) is 3.47. The second-order valence-electron chi connectivity index (χ2n) is 4.84. The Morgan fingerprint density at radius 2 is 2.00 bits per heavy atom. The number of halogens is 2. The Hall–Kier alpha value is -1.49. The molecule has 1 N–H and O–H groups in total. The lowest BCUT2D eigenvalue weighted by Crippen LogP contribution is -2.50. The van der Waals surface area contributed by atoms with E-state index in [2.05, 4.69) is 5.32 Å². The summed E-state index contributed by atoms with van der Waals surface area (Å²) >= 11 is 0. The number of hydrogen-bond acceptors (Lipinski definition) is 2. The highest BCUT2D eigenvalue weighted by Crippen LogP contribution is 2.14. The highest BCUT2D eigenvalue weighted by molar-refractivity contribution is 5.82. The van der Waals surface area contributed by atoms with Crippen molar-refractivity contribution in [2.45, 2.75) is 25.3 Å². The maximum Gasteiger partial charge on any atom is 0.239 e. The highest BCUT2D eigenvalue weighted by atomic mass is 19.1. The molecule has 0 aliphatic carbocycles. The molecule has 1 aromatic rings. The zero-order valence-corrected chi connectivity index (χ0v) is 11.0. The van der Waals surface area contributed by atoms with Crippen LogP contribution < -0.4 is 5.32 Å². The SMILES string of the molecule is CNC1CCCN(CCc2cc(F)cc(F)c2)C1=O. The summed E-state index contributed by atoms with van der Waals surface area (Å²) in [4.78, 5) is 13.8. The summed E-state index contributed by atoms with van der Waals surface area (Å²) < 4.78 is 26.1. The quantitative estimate of drug-likeness (QED) is 0.901.